The Morgan fingerprint density at radius 2 is 1.95 bits per heavy atom. The average molecular weight is 311 g/mol. The lowest BCUT2D eigenvalue weighted by atomic mass is 9.98. The molecule has 5 nitrogen and oxygen atoms in total. The smallest absolute Gasteiger partial charge is 0.251 e. The molecule has 1 aromatic rings. The van der Waals surface area contributed by atoms with Gasteiger partial charge in [-0.3, -0.25) is 4.79 Å². The van der Waals surface area contributed by atoms with Gasteiger partial charge in [0.2, 0.25) is 0 Å². The zero-order chi connectivity index (χ0) is 15.8. The van der Waals surface area contributed by atoms with Crippen LogP contribution in [0.25, 0.3) is 0 Å². The molecule has 116 valence electrons. The van der Waals surface area contributed by atoms with Gasteiger partial charge in [0, 0.05) is 11.6 Å². The molecule has 1 heterocycles. The number of hydrogen-bond donors (Lipinski definition) is 1. The number of methoxy groups -OCH3 is 1. The summed E-state index contributed by atoms with van der Waals surface area (Å²) in [5.74, 6) is 0.750. The molecular weight excluding hydrogens is 290 g/mol. The minimum absolute atomic E-state index is 0.0336. The van der Waals surface area contributed by atoms with E-state index < -0.39 is 9.84 Å². The van der Waals surface area contributed by atoms with Crippen LogP contribution in [-0.4, -0.2) is 39.0 Å². The van der Waals surface area contributed by atoms with Crippen LogP contribution in [0, 0.1) is 20.8 Å². The summed E-state index contributed by atoms with van der Waals surface area (Å²) in [6, 6.07) is 1.50. The third kappa shape index (κ3) is 3.20. The predicted octanol–water partition coefficient (Wildman–Crippen LogP) is 1.54. The van der Waals surface area contributed by atoms with Crippen LogP contribution in [0.15, 0.2) is 6.07 Å². The number of ether oxygens (including phenoxy) is 1. The van der Waals surface area contributed by atoms with Gasteiger partial charge in [0.1, 0.15) is 5.75 Å². The molecule has 0 aromatic heterocycles. The lowest BCUT2D eigenvalue weighted by molar-refractivity contribution is 0.0940. The first kappa shape index (κ1) is 15.8. The van der Waals surface area contributed by atoms with Crippen LogP contribution >= 0.6 is 0 Å². The number of sulfone groups is 1. The topological polar surface area (TPSA) is 72.5 Å². The van der Waals surface area contributed by atoms with Crippen molar-refractivity contribution in [3.05, 3.63) is 28.3 Å². The van der Waals surface area contributed by atoms with Gasteiger partial charge in [-0.25, -0.2) is 8.42 Å². The van der Waals surface area contributed by atoms with Crippen molar-refractivity contribution in [2.45, 2.75) is 33.2 Å². The SMILES string of the molecule is COc1c(C)cc(C(=O)NC2CCS(=O)(=O)C2)c(C)c1C. The molecule has 0 bridgehead atoms. The summed E-state index contributed by atoms with van der Waals surface area (Å²) < 4.78 is 28.2. The Morgan fingerprint density at radius 3 is 2.48 bits per heavy atom. The van der Waals surface area contributed by atoms with Crippen LogP contribution < -0.4 is 10.1 Å². The highest BCUT2D eigenvalue weighted by Crippen LogP contribution is 2.28. The highest BCUT2D eigenvalue weighted by atomic mass is 32.2. The fourth-order valence-corrected chi connectivity index (χ4v) is 4.45. The van der Waals surface area contributed by atoms with E-state index in [1.807, 2.05) is 20.8 Å². The Labute approximate surface area is 125 Å². The quantitative estimate of drug-likeness (QED) is 0.919. The summed E-state index contributed by atoms with van der Waals surface area (Å²) in [6.45, 7) is 5.68. The molecule has 1 aromatic carbocycles. The van der Waals surface area contributed by atoms with E-state index in [2.05, 4.69) is 5.32 Å². The van der Waals surface area contributed by atoms with E-state index in [1.54, 1.807) is 13.2 Å². The molecule has 21 heavy (non-hydrogen) atoms. The Balaban J connectivity index is 2.24. The lowest BCUT2D eigenvalue weighted by Crippen LogP contribution is -2.36. The standard InChI is InChI=1S/C15H21NO4S/c1-9-7-13(10(2)11(3)14(9)20-4)15(17)16-12-5-6-21(18,19)8-12/h7,12H,5-6,8H2,1-4H3,(H,16,17). The van der Waals surface area contributed by atoms with Crippen molar-refractivity contribution in [2.75, 3.05) is 18.6 Å². The first-order chi connectivity index (χ1) is 9.75. The maximum Gasteiger partial charge on any atom is 0.251 e. The molecule has 0 radical (unpaired) electrons. The summed E-state index contributed by atoms with van der Waals surface area (Å²) in [4.78, 5) is 12.4. The van der Waals surface area contributed by atoms with Crippen molar-refractivity contribution < 1.29 is 17.9 Å². The molecule has 1 unspecified atom stereocenters. The molecule has 0 spiro atoms. The first-order valence-corrected chi connectivity index (χ1v) is 8.73. The number of rotatable bonds is 3. The van der Waals surface area contributed by atoms with Crippen LogP contribution in [0.3, 0.4) is 0 Å². The van der Waals surface area contributed by atoms with Crippen LogP contribution in [0.2, 0.25) is 0 Å². The van der Waals surface area contributed by atoms with E-state index in [0.29, 0.717) is 12.0 Å². The summed E-state index contributed by atoms with van der Waals surface area (Å²) >= 11 is 0. The molecule has 6 heteroatoms. The highest BCUT2D eigenvalue weighted by Gasteiger charge is 2.29. The van der Waals surface area contributed by atoms with Crippen molar-refractivity contribution in [3.8, 4) is 5.75 Å². The van der Waals surface area contributed by atoms with E-state index in [0.717, 1.165) is 22.4 Å². The van der Waals surface area contributed by atoms with Crippen LogP contribution in [-0.2, 0) is 9.84 Å². The van der Waals surface area contributed by atoms with Gasteiger partial charge in [-0.2, -0.15) is 0 Å². The molecule has 1 amide bonds. The minimum Gasteiger partial charge on any atom is -0.496 e. The predicted molar refractivity (Wildman–Crippen MR) is 81.7 cm³/mol. The molecular formula is C15H21NO4S. The van der Waals surface area contributed by atoms with Gasteiger partial charge >= 0.3 is 0 Å². The molecule has 1 saturated heterocycles. The maximum absolute atomic E-state index is 12.4. The summed E-state index contributed by atoms with van der Waals surface area (Å²) in [5, 5.41) is 2.82. The van der Waals surface area contributed by atoms with Crippen molar-refractivity contribution in [3.63, 3.8) is 0 Å². The molecule has 1 fully saturated rings. The van der Waals surface area contributed by atoms with Crippen molar-refractivity contribution >= 4 is 15.7 Å². The van der Waals surface area contributed by atoms with Gasteiger partial charge in [0.05, 0.1) is 18.6 Å². The second kappa shape index (κ2) is 5.67. The molecule has 0 saturated carbocycles. The molecule has 1 aliphatic rings. The number of carbonyl (C=O) groups excluding carboxylic acids is 1. The molecule has 1 N–H and O–H groups in total. The van der Waals surface area contributed by atoms with E-state index in [9.17, 15) is 13.2 Å². The normalized spacial score (nSPS) is 20.3. The van der Waals surface area contributed by atoms with Gasteiger partial charge in [-0.05, 0) is 49.9 Å². The van der Waals surface area contributed by atoms with E-state index >= 15 is 0 Å². The summed E-state index contributed by atoms with van der Waals surface area (Å²) in [5.41, 5.74) is 3.26. The van der Waals surface area contributed by atoms with Crippen LogP contribution in [0.5, 0.6) is 5.75 Å². The number of carbonyl (C=O) groups is 1. The Hall–Kier alpha value is -1.56. The number of hydrogen-bond acceptors (Lipinski definition) is 4. The fourth-order valence-electron chi connectivity index (χ4n) is 2.78. The van der Waals surface area contributed by atoms with Crippen molar-refractivity contribution in [1.29, 1.82) is 0 Å². The number of aryl methyl sites for hydroxylation is 1. The van der Waals surface area contributed by atoms with Crippen molar-refractivity contribution in [1.82, 2.24) is 5.32 Å². The number of benzene rings is 1. The van der Waals surface area contributed by atoms with E-state index in [-0.39, 0.29) is 23.5 Å². The van der Waals surface area contributed by atoms with Gasteiger partial charge in [-0.15, -0.1) is 0 Å². The molecule has 0 aliphatic carbocycles. The fraction of sp³-hybridized carbons (Fsp3) is 0.533. The van der Waals surface area contributed by atoms with E-state index in [1.165, 1.54) is 0 Å². The van der Waals surface area contributed by atoms with Crippen LogP contribution in [0.4, 0.5) is 0 Å². The van der Waals surface area contributed by atoms with Gasteiger partial charge in [0.25, 0.3) is 5.91 Å². The highest BCUT2D eigenvalue weighted by molar-refractivity contribution is 7.91. The number of amides is 1. The lowest BCUT2D eigenvalue weighted by Gasteiger charge is -2.17. The molecule has 1 aliphatic heterocycles. The second-order valence-corrected chi connectivity index (χ2v) is 7.83. The largest absolute Gasteiger partial charge is 0.496 e. The third-order valence-electron chi connectivity index (χ3n) is 4.04. The van der Waals surface area contributed by atoms with E-state index in [4.69, 9.17) is 4.74 Å². The van der Waals surface area contributed by atoms with Gasteiger partial charge < -0.3 is 10.1 Å². The molecule has 2 rings (SSSR count). The van der Waals surface area contributed by atoms with Crippen LogP contribution in [0.1, 0.15) is 33.5 Å². The summed E-state index contributed by atoms with van der Waals surface area (Å²) in [6.07, 6.45) is 0.487. The average Bonchev–Trinajstić information content (AvgIpc) is 2.73. The Morgan fingerprint density at radius 1 is 1.29 bits per heavy atom. The first-order valence-electron chi connectivity index (χ1n) is 6.91. The zero-order valence-electron chi connectivity index (χ0n) is 12.8. The maximum atomic E-state index is 12.4. The molecule has 1 atom stereocenters. The third-order valence-corrected chi connectivity index (χ3v) is 5.81. The minimum atomic E-state index is -3.00. The summed E-state index contributed by atoms with van der Waals surface area (Å²) in [7, 11) is -1.39. The monoisotopic (exact) mass is 311 g/mol. The zero-order valence-corrected chi connectivity index (χ0v) is 13.6. The number of nitrogens with one attached hydrogen (secondary N) is 1. The van der Waals surface area contributed by atoms with Crippen molar-refractivity contribution in [2.24, 2.45) is 0 Å². The van der Waals surface area contributed by atoms with Gasteiger partial charge in [0.15, 0.2) is 9.84 Å². The Kier molecular flexibility index (Phi) is 4.27. The second-order valence-electron chi connectivity index (χ2n) is 5.60. The Bertz CT molecular complexity index is 679. The van der Waals surface area contributed by atoms with Gasteiger partial charge in [-0.1, -0.05) is 0 Å².